The van der Waals surface area contributed by atoms with Crippen molar-refractivity contribution in [2.24, 2.45) is 10.8 Å². The van der Waals surface area contributed by atoms with Crippen LogP contribution in [0.5, 0.6) is 0 Å². The number of nitrogens with zero attached hydrogens (tertiary/aromatic N) is 2. The lowest BCUT2D eigenvalue weighted by atomic mass is 9.72. The molecule has 0 radical (unpaired) electrons. The van der Waals surface area contributed by atoms with Gasteiger partial charge in [-0.05, 0) is 0 Å². The number of likely N-dealkylation sites (tertiary alicyclic amines) is 2. The summed E-state index contributed by atoms with van der Waals surface area (Å²) < 4.78 is 0. The molecule has 1 N–H and O–H groups in total. The Labute approximate surface area is 90.7 Å². The second kappa shape index (κ2) is 2.97. The Hall–Kier alpha value is -1.06. The van der Waals surface area contributed by atoms with Crippen molar-refractivity contribution >= 4 is 12.2 Å². The van der Waals surface area contributed by atoms with Crippen LogP contribution in [-0.2, 0) is 4.79 Å². The first-order chi connectivity index (χ1) is 6.86. The zero-order valence-corrected chi connectivity index (χ0v) is 9.71. The number of amides is 1. The van der Waals surface area contributed by atoms with Crippen molar-refractivity contribution < 1.29 is 4.79 Å². The Morgan fingerprint density at radius 3 is 2.20 bits per heavy atom. The lowest BCUT2D eigenvalue weighted by Crippen LogP contribution is -2.73. The lowest BCUT2D eigenvalue weighted by molar-refractivity contribution is -0.161. The van der Waals surface area contributed by atoms with Crippen molar-refractivity contribution in [3.63, 3.8) is 0 Å². The molecule has 2 aliphatic heterocycles. The second-order valence-electron chi connectivity index (χ2n) is 5.95. The fourth-order valence-electron chi connectivity index (χ4n) is 2.49. The van der Waals surface area contributed by atoms with Crippen LogP contribution in [0.1, 0.15) is 20.8 Å². The van der Waals surface area contributed by atoms with Crippen molar-refractivity contribution in [1.29, 1.82) is 5.41 Å². The van der Waals surface area contributed by atoms with Crippen LogP contribution in [0, 0.1) is 16.2 Å². The summed E-state index contributed by atoms with van der Waals surface area (Å²) in [6.45, 7) is 9.55. The molecular formula is C11H19N3O. The average Bonchev–Trinajstić information content (AvgIpc) is 1.97. The van der Waals surface area contributed by atoms with Gasteiger partial charge in [-0.2, -0.15) is 0 Å². The Morgan fingerprint density at radius 1 is 1.27 bits per heavy atom. The van der Waals surface area contributed by atoms with Crippen LogP contribution < -0.4 is 0 Å². The van der Waals surface area contributed by atoms with Gasteiger partial charge in [0.2, 0.25) is 5.91 Å². The molecule has 0 aromatic rings. The van der Waals surface area contributed by atoms with Gasteiger partial charge in [-0.3, -0.25) is 10.2 Å². The van der Waals surface area contributed by atoms with E-state index in [9.17, 15) is 4.79 Å². The van der Waals surface area contributed by atoms with E-state index in [1.54, 1.807) is 0 Å². The van der Waals surface area contributed by atoms with Gasteiger partial charge in [0.1, 0.15) is 0 Å². The monoisotopic (exact) mass is 209 g/mol. The van der Waals surface area contributed by atoms with Crippen LogP contribution in [0.15, 0.2) is 0 Å². The fraction of sp³-hybridized carbons (Fsp3) is 0.818. The van der Waals surface area contributed by atoms with E-state index >= 15 is 0 Å². The van der Waals surface area contributed by atoms with Crippen molar-refractivity contribution in [3.8, 4) is 0 Å². The highest BCUT2D eigenvalue weighted by Crippen LogP contribution is 2.40. The molecule has 15 heavy (non-hydrogen) atoms. The lowest BCUT2D eigenvalue weighted by Gasteiger charge is -2.60. The van der Waals surface area contributed by atoms with E-state index in [0.29, 0.717) is 5.41 Å². The Kier molecular flexibility index (Phi) is 2.07. The normalized spacial score (nSPS) is 23.4. The Bertz CT molecular complexity index is 291. The molecule has 0 unspecified atom stereocenters. The Morgan fingerprint density at radius 2 is 1.80 bits per heavy atom. The van der Waals surface area contributed by atoms with E-state index < -0.39 is 0 Å². The minimum absolute atomic E-state index is 0.251. The van der Waals surface area contributed by atoms with Gasteiger partial charge in [-0.1, -0.05) is 20.8 Å². The van der Waals surface area contributed by atoms with Gasteiger partial charge >= 0.3 is 0 Å². The largest absolute Gasteiger partial charge is 0.362 e. The van der Waals surface area contributed by atoms with E-state index in [1.165, 1.54) is 6.34 Å². The van der Waals surface area contributed by atoms with Crippen LogP contribution in [-0.4, -0.2) is 48.2 Å². The molecule has 2 aliphatic rings. The molecule has 0 saturated carbocycles. The summed E-state index contributed by atoms with van der Waals surface area (Å²) in [7, 11) is 0. The van der Waals surface area contributed by atoms with E-state index in [-0.39, 0.29) is 11.3 Å². The van der Waals surface area contributed by atoms with Crippen molar-refractivity contribution in [3.05, 3.63) is 0 Å². The van der Waals surface area contributed by atoms with Crippen molar-refractivity contribution in [1.82, 2.24) is 9.80 Å². The number of rotatable bonds is 1. The van der Waals surface area contributed by atoms with E-state index in [2.05, 4.69) is 0 Å². The molecule has 1 amide bonds. The molecule has 2 fully saturated rings. The molecule has 0 aromatic carbocycles. The summed E-state index contributed by atoms with van der Waals surface area (Å²) in [6.07, 6.45) is 1.39. The molecule has 2 rings (SSSR count). The highest BCUT2D eigenvalue weighted by molar-refractivity contribution is 5.82. The van der Waals surface area contributed by atoms with E-state index in [0.717, 1.165) is 26.2 Å². The van der Waals surface area contributed by atoms with Gasteiger partial charge in [0.15, 0.2) is 0 Å². The molecule has 4 heteroatoms. The average molecular weight is 209 g/mol. The third kappa shape index (κ3) is 1.62. The SMILES string of the molecule is CC(C)(C)C(=O)N1CC2(CN(C=N)C2)C1. The first-order valence-corrected chi connectivity index (χ1v) is 5.40. The number of hydrogen-bond donors (Lipinski definition) is 1. The highest BCUT2D eigenvalue weighted by atomic mass is 16.2. The maximum absolute atomic E-state index is 11.9. The first kappa shape index (κ1) is 10.5. The van der Waals surface area contributed by atoms with E-state index in [4.69, 9.17) is 5.41 Å². The summed E-state index contributed by atoms with van der Waals surface area (Å²) in [5, 5.41) is 7.09. The smallest absolute Gasteiger partial charge is 0.227 e. The zero-order valence-electron chi connectivity index (χ0n) is 9.71. The molecular weight excluding hydrogens is 190 g/mol. The molecule has 84 valence electrons. The fourth-order valence-corrected chi connectivity index (χ4v) is 2.49. The zero-order chi connectivity index (χ0) is 11.3. The predicted octanol–water partition coefficient (Wildman–Crippen LogP) is 0.784. The number of nitrogens with one attached hydrogen (secondary N) is 1. The summed E-state index contributed by atoms with van der Waals surface area (Å²) in [6, 6.07) is 0. The van der Waals surface area contributed by atoms with E-state index in [1.807, 2.05) is 30.6 Å². The number of hydrogen-bond acceptors (Lipinski definition) is 2. The van der Waals surface area contributed by atoms with Gasteiger partial charge in [-0.15, -0.1) is 0 Å². The van der Waals surface area contributed by atoms with Gasteiger partial charge < -0.3 is 9.80 Å². The maximum atomic E-state index is 11.9. The standard InChI is InChI=1S/C11H19N3O/c1-10(2,3)9(15)14-6-11(7-14)4-13(5-11)8-12/h8,12H,4-7H2,1-3H3. The quantitative estimate of drug-likeness (QED) is 0.512. The molecule has 1 spiro atoms. The molecule has 4 nitrogen and oxygen atoms in total. The molecule has 0 bridgehead atoms. The number of carbonyl (C=O) groups is 1. The molecule has 0 aliphatic carbocycles. The summed E-state index contributed by atoms with van der Waals surface area (Å²) >= 11 is 0. The Balaban J connectivity index is 1.85. The molecule has 2 saturated heterocycles. The van der Waals surface area contributed by atoms with Crippen LogP contribution in [0.4, 0.5) is 0 Å². The van der Waals surface area contributed by atoms with Crippen LogP contribution in [0.3, 0.4) is 0 Å². The van der Waals surface area contributed by atoms with Crippen molar-refractivity contribution in [2.45, 2.75) is 20.8 Å². The predicted molar refractivity (Wildman–Crippen MR) is 58.8 cm³/mol. The molecule has 0 aromatic heterocycles. The highest BCUT2D eigenvalue weighted by Gasteiger charge is 2.53. The first-order valence-electron chi connectivity index (χ1n) is 5.40. The minimum atomic E-state index is -0.257. The minimum Gasteiger partial charge on any atom is -0.362 e. The van der Waals surface area contributed by atoms with Crippen LogP contribution >= 0.6 is 0 Å². The number of carbonyl (C=O) groups excluding carboxylic acids is 1. The van der Waals surface area contributed by atoms with Gasteiger partial charge in [0.25, 0.3) is 0 Å². The molecule has 2 heterocycles. The van der Waals surface area contributed by atoms with Gasteiger partial charge in [0, 0.05) is 37.0 Å². The van der Waals surface area contributed by atoms with Crippen molar-refractivity contribution in [2.75, 3.05) is 26.2 Å². The van der Waals surface area contributed by atoms with Gasteiger partial charge in [-0.25, -0.2) is 0 Å². The maximum Gasteiger partial charge on any atom is 0.227 e. The molecule has 0 atom stereocenters. The van der Waals surface area contributed by atoms with Crippen LogP contribution in [0.2, 0.25) is 0 Å². The second-order valence-corrected chi connectivity index (χ2v) is 5.95. The third-order valence-corrected chi connectivity index (χ3v) is 3.24. The third-order valence-electron chi connectivity index (χ3n) is 3.24. The summed E-state index contributed by atoms with van der Waals surface area (Å²) in [5.74, 6) is 0.251. The summed E-state index contributed by atoms with van der Waals surface area (Å²) in [4.78, 5) is 15.8. The van der Waals surface area contributed by atoms with Crippen LogP contribution in [0.25, 0.3) is 0 Å². The topological polar surface area (TPSA) is 47.4 Å². The van der Waals surface area contributed by atoms with Gasteiger partial charge in [0.05, 0.1) is 6.34 Å². The summed E-state index contributed by atoms with van der Waals surface area (Å²) in [5.41, 5.74) is 0.0606.